The van der Waals surface area contributed by atoms with E-state index in [1.807, 2.05) is 30.3 Å². The number of nitrogens with zero attached hydrogens (tertiary/aromatic N) is 2. The quantitative estimate of drug-likeness (QED) is 0.629. The number of sulfonamides is 1. The molecule has 1 heterocycles. The van der Waals surface area contributed by atoms with Gasteiger partial charge in [-0.05, 0) is 30.0 Å². The van der Waals surface area contributed by atoms with E-state index >= 15 is 0 Å². The molecule has 0 aliphatic carbocycles. The lowest BCUT2D eigenvalue weighted by Gasteiger charge is -2.22. The van der Waals surface area contributed by atoms with E-state index < -0.39 is 10.0 Å². The van der Waals surface area contributed by atoms with Crippen molar-refractivity contribution in [1.82, 2.24) is 4.31 Å². The van der Waals surface area contributed by atoms with Crippen molar-refractivity contribution in [3.05, 3.63) is 60.5 Å². The third-order valence-corrected chi connectivity index (χ3v) is 6.93. The number of amides is 1. The van der Waals surface area contributed by atoms with Crippen molar-refractivity contribution < 1.29 is 13.2 Å². The van der Waals surface area contributed by atoms with Gasteiger partial charge >= 0.3 is 0 Å². The Bertz CT molecular complexity index is 787. The fourth-order valence-electron chi connectivity index (χ4n) is 2.36. The molecule has 0 aliphatic rings. The molecule has 2 aromatic rings. The number of hydrogen-bond donors (Lipinski definition) is 0. The van der Waals surface area contributed by atoms with Gasteiger partial charge in [0.15, 0.2) is 0 Å². The Hall–Kier alpha value is -1.96. The molecule has 25 heavy (non-hydrogen) atoms. The summed E-state index contributed by atoms with van der Waals surface area (Å²) in [6.45, 7) is 4.41. The Balaban J connectivity index is 1.93. The minimum atomic E-state index is -3.47. The molecule has 2 rings (SSSR count). The van der Waals surface area contributed by atoms with Gasteiger partial charge in [-0.3, -0.25) is 4.79 Å². The molecule has 1 amide bonds. The van der Waals surface area contributed by atoms with Gasteiger partial charge in [0.2, 0.25) is 5.91 Å². The Morgan fingerprint density at radius 3 is 2.52 bits per heavy atom. The van der Waals surface area contributed by atoms with Crippen molar-refractivity contribution in [1.29, 1.82) is 0 Å². The lowest BCUT2D eigenvalue weighted by Crippen LogP contribution is -2.32. The van der Waals surface area contributed by atoms with Crippen LogP contribution in [0.2, 0.25) is 0 Å². The van der Waals surface area contributed by atoms with Gasteiger partial charge in [0.25, 0.3) is 10.0 Å². The van der Waals surface area contributed by atoms with Gasteiger partial charge in [0.05, 0.1) is 0 Å². The number of carbonyl (C=O) groups is 1. The van der Waals surface area contributed by atoms with Crippen LogP contribution in [0.3, 0.4) is 0 Å². The molecule has 0 fully saturated rings. The zero-order chi connectivity index (χ0) is 18.3. The molecule has 0 saturated heterocycles. The van der Waals surface area contributed by atoms with Crippen molar-refractivity contribution in [2.75, 3.05) is 25.0 Å². The predicted octanol–water partition coefficient (Wildman–Crippen LogP) is 3.37. The highest BCUT2D eigenvalue weighted by Gasteiger charge is 2.22. The SMILES string of the molecule is C=CCN(C(=O)CCCN(C)S(=O)(=O)c1cccs1)c1ccccc1. The fraction of sp³-hybridized carbons (Fsp3) is 0.278. The molecule has 0 saturated carbocycles. The molecular weight excluding hydrogens is 356 g/mol. The van der Waals surface area contributed by atoms with Gasteiger partial charge in [-0.2, -0.15) is 0 Å². The summed E-state index contributed by atoms with van der Waals surface area (Å²) >= 11 is 1.19. The van der Waals surface area contributed by atoms with Crippen LogP contribution in [0.5, 0.6) is 0 Å². The summed E-state index contributed by atoms with van der Waals surface area (Å²) in [5, 5.41) is 1.73. The van der Waals surface area contributed by atoms with E-state index in [4.69, 9.17) is 0 Å². The van der Waals surface area contributed by atoms with E-state index in [0.29, 0.717) is 23.7 Å². The Labute approximate surface area is 153 Å². The van der Waals surface area contributed by atoms with Gasteiger partial charge < -0.3 is 4.90 Å². The monoisotopic (exact) mass is 378 g/mol. The maximum atomic E-state index is 12.5. The highest BCUT2D eigenvalue weighted by atomic mass is 32.2. The van der Waals surface area contributed by atoms with Crippen LogP contribution >= 0.6 is 11.3 Å². The van der Waals surface area contributed by atoms with E-state index in [9.17, 15) is 13.2 Å². The number of para-hydroxylation sites is 1. The molecule has 1 aromatic carbocycles. The van der Waals surface area contributed by atoms with E-state index in [1.54, 1.807) is 28.5 Å². The Morgan fingerprint density at radius 2 is 1.92 bits per heavy atom. The molecule has 0 bridgehead atoms. The lowest BCUT2D eigenvalue weighted by atomic mass is 10.2. The average Bonchev–Trinajstić information content (AvgIpc) is 3.15. The number of anilines is 1. The number of carbonyl (C=O) groups excluding carboxylic acids is 1. The summed E-state index contributed by atoms with van der Waals surface area (Å²) in [6, 6.07) is 12.7. The Morgan fingerprint density at radius 1 is 1.20 bits per heavy atom. The van der Waals surface area contributed by atoms with Crippen molar-refractivity contribution in [2.24, 2.45) is 0 Å². The Kier molecular flexibility index (Phi) is 6.92. The number of thiophene rings is 1. The summed E-state index contributed by atoms with van der Waals surface area (Å²) < 4.78 is 26.3. The molecule has 0 radical (unpaired) electrons. The first-order valence-corrected chi connectivity index (χ1v) is 10.2. The van der Waals surface area contributed by atoms with Crippen LogP contribution in [0.15, 0.2) is 64.7 Å². The van der Waals surface area contributed by atoms with Gasteiger partial charge in [-0.15, -0.1) is 17.9 Å². The first kappa shape index (κ1) is 19.4. The molecule has 0 spiro atoms. The number of hydrogen-bond acceptors (Lipinski definition) is 4. The van der Waals surface area contributed by atoms with E-state index in [2.05, 4.69) is 6.58 Å². The summed E-state index contributed by atoms with van der Waals surface area (Å²) in [5.74, 6) is -0.0481. The van der Waals surface area contributed by atoms with Crippen LogP contribution in [-0.4, -0.2) is 38.8 Å². The van der Waals surface area contributed by atoms with Crippen LogP contribution in [0, 0.1) is 0 Å². The average molecular weight is 379 g/mol. The van der Waals surface area contributed by atoms with Gasteiger partial charge in [0.1, 0.15) is 4.21 Å². The molecule has 7 heteroatoms. The summed E-state index contributed by atoms with van der Waals surface area (Å²) in [6.07, 6.45) is 2.41. The van der Waals surface area contributed by atoms with Crippen molar-refractivity contribution in [3.63, 3.8) is 0 Å². The molecule has 0 aliphatic heterocycles. The summed E-state index contributed by atoms with van der Waals surface area (Å²) in [5.41, 5.74) is 0.812. The van der Waals surface area contributed by atoms with Crippen LogP contribution < -0.4 is 4.90 Å². The minimum Gasteiger partial charge on any atom is -0.309 e. The zero-order valence-corrected chi connectivity index (χ0v) is 15.8. The standard InChI is InChI=1S/C18H22N2O3S2/c1-3-13-20(16-9-5-4-6-10-16)17(21)11-7-14-19(2)25(22,23)18-12-8-15-24-18/h3-6,8-10,12,15H,1,7,11,13-14H2,2H3. The highest BCUT2D eigenvalue weighted by Crippen LogP contribution is 2.20. The predicted molar refractivity (Wildman–Crippen MR) is 102 cm³/mol. The summed E-state index contributed by atoms with van der Waals surface area (Å²) in [7, 11) is -1.93. The molecular formula is C18H22N2O3S2. The smallest absolute Gasteiger partial charge is 0.252 e. The third-order valence-electron chi connectivity index (χ3n) is 3.70. The maximum absolute atomic E-state index is 12.5. The van der Waals surface area contributed by atoms with E-state index in [0.717, 1.165) is 5.69 Å². The molecule has 0 N–H and O–H groups in total. The van der Waals surface area contributed by atoms with E-state index in [-0.39, 0.29) is 12.3 Å². The highest BCUT2D eigenvalue weighted by molar-refractivity contribution is 7.91. The van der Waals surface area contributed by atoms with Gasteiger partial charge in [-0.1, -0.05) is 30.3 Å². The van der Waals surface area contributed by atoms with Crippen LogP contribution in [-0.2, 0) is 14.8 Å². The zero-order valence-electron chi connectivity index (χ0n) is 14.2. The van der Waals surface area contributed by atoms with Crippen LogP contribution in [0.25, 0.3) is 0 Å². The first-order chi connectivity index (χ1) is 12.0. The number of rotatable bonds is 9. The van der Waals surface area contributed by atoms with E-state index in [1.165, 1.54) is 22.7 Å². The third kappa shape index (κ3) is 5.01. The van der Waals surface area contributed by atoms with Crippen molar-refractivity contribution in [3.8, 4) is 0 Å². The van der Waals surface area contributed by atoms with Crippen LogP contribution in [0.4, 0.5) is 5.69 Å². The second kappa shape index (κ2) is 8.94. The largest absolute Gasteiger partial charge is 0.309 e. The number of benzene rings is 1. The molecule has 134 valence electrons. The summed E-state index contributed by atoms with van der Waals surface area (Å²) in [4.78, 5) is 14.2. The van der Waals surface area contributed by atoms with Gasteiger partial charge in [0, 0.05) is 32.2 Å². The fourth-order valence-corrected chi connectivity index (χ4v) is 4.77. The second-order valence-electron chi connectivity index (χ2n) is 5.49. The molecule has 0 unspecified atom stereocenters. The van der Waals surface area contributed by atoms with Crippen molar-refractivity contribution in [2.45, 2.75) is 17.1 Å². The van der Waals surface area contributed by atoms with Gasteiger partial charge in [-0.25, -0.2) is 12.7 Å². The molecule has 5 nitrogen and oxygen atoms in total. The second-order valence-corrected chi connectivity index (χ2v) is 8.71. The van der Waals surface area contributed by atoms with Crippen LogP contribution in [0.1, 0.15) is 12.8 Å². The normalized spacial score (nSPS) is 11.4. The molecule has 0 atom stereocenters. The minimum absolute atomic E-state index is 0.0481. The molecule has 1 aromatic heterocycles. The van der Waals surface area contributed by atoms with Crippen molar-refractivity contribution >= 4 is 33.0 Å². The first-order valence-electron chi connectivity index (χ1n) is 7.93. The maximum Gasteiger partial charge on any atom is 0.252 e. The lowest BCUT2D eigenvalue weighted by molar-refractivity contribution is -0.118. The topological polar surface area (TPSA) is 57.7 Å².